The van der Waals surface area contributed by atoms with E-state index in [-0.39, 0.29) is 5.97 Å². The second-order valence-electron chi connectivity index (χ2n) is 5.28. The number of carbonyl (C=O) groups excluding carboxylic acids is 1. The number of rotatable bonds is 6. The maximum absolute atomic E-state index is 11.9. The number of benzene rings is 1. The summed E-state index contributed by atoms with van der Waals surface area (Å²) in [5, 5.41) is 0. The van der Waals surface area contributed by atoms with Gasteiger partial charge in [-0.1, -0.05) is 0 Å². The highest BCUT2D eigenvalue weighted by Crippen LogP contribution is 2.24. The first-order valence-electron chi connectivity index (χ1n) is 8.03. The fraction of sp³-hybridized carbons (Fsp3) is 0.278. The lowest BCUT2D eigenvalue weighted by molar-refractivity contribution is 0.0526. The van der Waals surface area contributed by atoms with Gasteiger partial charge >= 0.3 is 5.97 Å². The van der Waals surface area contributed by atoms with E-state index < -0.39 is 0 Å². The molecule has 0 radical (unpaired) electrons. The van der Waals surface area contributed by atoms with Gasteiger partial charge in [0, 0.05) is 12.7 Å². The summed E-state index contributed by atoms with van der Waals surface area (Å²) in [7, 11) is 0. The van der Waals surface area contributed by atoms with Gasteiger partial charge in [0.05, 0.1) is 23.2 Å². The Hall–Kier alpha value is -2.41. The van der Waals surface area contributed by atoms with Gasteiger partial charge in [0.1, 0.15) is 17.0 Å². The summed E-state index contributed by atoms with van der Waals surface area (Å²) in [6.45, 7) is 5.24. The average molecular weight is 404 g/mol. The van der Waals surface area contributed by atoms with Crippen LogP contribution < -0.4 is 4.74 Å². The second kappa shape index (κ2) is 7.65. The maximum Gasteiger partial charge on any atom is 0.338 e. The highest BCUT2D eigenvalue weighted by atomic mass is 79.9. The number of halogens is 1. The van der Waals surface area contributed by atoms with Crippen LogP contribution in [-0.4, -0.2) is 27.1 Å². The molecule has 0 unspecified atom stereocenters. The van der Waals surface area contributed by atoms with Gasteiger partial charge in [-0.25, -0.2) is 14.8 Å². The Morgan fingerprint density at radius 3 is 2.84 bits per heavy atom. The van der Waals surface area contributed by atoms with Crippen molar-refractivity contribution >= 4 is 32.9 Å². The van der Waals surface area contributed by atoms with Crippen LogP contribution in [0.3, 0.4) is 0 Å². The number of aromatic nitrogens is 3. The third-order valence-electron chi connectivity index (χ3n) is 3.74. The Kier molecular flexibility index (Phi) is 5.33. The van der Waals surface area contributed by atoms with E-state index in [4.69, 9.17) is 9.47 Å². The Morgan fingerprint density at radius 1 is 1.28 bits per heavy atom. The van der Waals surface area contributed by atoms with Crippen LogP contribution in [0.1, 0.15) is 30.0 Å². The van der Waals surface area contributed by atoms with E-state index in [0.717, 1.165) is 23.4 Å². The van der Waals surface area contributed by atoms with E-state index in [1.807, 2.05) is 25.1 Å². The zero-order chi connectivity index (χ0) is 17.8. The highest BCUT2D eigenvalue weighted by Gasteiger charge is 2.14. The molecule has 0 fully saturated rings. The molecular formula is C18H18BrN3O3. The summed E-state index contributed by atoms with van der Waals surface area (Å²) < 4.78 is 13.6. The van der Waals surface area contributed by atoms with Crippen molar-refractivity contribution in [1.82, 2.24) is 14.5 Å². The Bertz CT molecular complexity index is 908. The predicted octanol–water partition coefficient (Wildman–Crippen LogP) is 3.97. The molecule has 0 bridgehead atoms. The Labute approximate surface area is 153 Å². The fourth-order valence-corrected chi connectivity index (χ4v) is 2.97. The van der Waals surface area contributed by atoms with Crippen LogP contribution in [0.5, 0.6) is 5.75 Å². The molecule has 0 aliphatic heterocycles. The van der Waals surface area contributed by atoms with E-state index >= 15 is 0 Å². The first-order valence-corrected chi connectivity index (χ1v) is 8.83. The van der Waals surface area contributed by atoms with Crippen LogP contribution in [0.15, 0.2) is 41.1 Å². The van der Waals surface area contributed by atoms with Gasteiger partial charge in [-0.3, -0.25) is 0 Å². The number of carbonyl (C=O) groups is 1. The zero-order valence-corrected chi connectivity index (χ0v) is 15.6. The number of hydrogen-bond acceptors (Lipinski definition) is 5. The molecule has 130 valence electrons. The van der Waals surface area contributed by atoms with Gasteiger partial charge < -0.3 is 14.0 Å². The fourth-order valence-electron chi connectivity index (χ4n) is 2.61. The minimum Gasteiger partial charge on any atom is -0.483 e. The summed E-state index contributed by atoms with van der Waals surface area (Å²) in [4.78, 5) is 20.7. The van der Waals surface area contributed by atoms with E-state index in [2.05, 4.69) is 30.5 Å². The molecule has 2 heterocycles. The summed E-state index contributed by atoms with van der Waals surface area (Å²) in [5.74, 6) is 1.10. The SMILES string of the molecule is CCOC(=O)c1ccc2c(c1)nc(COc1cccnc1Br)n2CC. The lowest BCUT2D eigenvalue weighted by Crippen LogP contribution is -2.06. The molecule has 25 heavy (non-hydrogen) atoms. The van der Waals surface area contributed by atoms with Crippen LogP contribution in [0.4, 0.5) is 0 Å². The van der Waals surface area contributed by atoms with Crippen molar-refractivity contribution in [2.45, 2.75) is 27.0 Å². The monoisotopic (exact) mass is 403 g/mol. The minimum atomic E-state index is -0.340. The quantitative estimate of drug-likeness (QED) is 0.460. The van der Waals surface area contributed by atoms with Crippen molar-refractivity contribution in [2.24, 2.45) is 0 Å². The van der Waals surface area contributed by atoms with Gasteiger partial charge in [-0.15, -0.1) is 0 Å². The summed E-state index contributed by atoms with van der Waals surface area (Å²) in [5.41, 5.74) is 2.20. The Morgan fingerprint density at radius 2 is 2.12 bits per heavy atom. The van der Waals surface area contributed by atoms with Gasteiger partial charge in [-0.2, -0.15) is 0 Å². The minimum absolute atomic E-state index is 0.307. The highest BCUT2D eigenvalue weighted by molar-refractivity contribution is 9.10. The molecule has 0 atom stereocenters. The Balaban J connectivity index is 1.90. The smallest absolute Gasteiger partial charge is 0.338 e. The first kappa shape index (κ1) is 17.4. The standard InChI is InChI=1S/C18H18BrN3O3/c1-3-22-14-8-7-12(18(23)24-4-2)10-13(14)21-16(22)11-25-15-6-5-9-20-17(15)19/h5-10H,3-4,11H2,1-2H3. The van der Waals surface area contributed by atoms with Crippen molar-refractivity contribution < 1.29 is 14.3 Å². The predicted molar refractivity (Wildman–Crippen MR) is 97.6 cm³/mol. The molecule has 2 aromatic heterocycles. The van der Waals surface area contributed by atoms with Crippen molar-refractivity contribution in [3.05, 3.63) is 52.5 Å². The number of nitrogens with zero attached hydrogens (tertiary/aromatic N) is 3. The molecule has 7 heteroatoms. The van der Waals surface area contributed by atoms with Crippen molar-refractivity contribution in [3.8, 4) is 5.75 Å². The van der Waals surface area contributed by atoms with Gasteiger partial charge in [0.2, 0.25) is 0 Å². The average Bonchev–Trinajstić information content (AvgIpc) is 2.97. The lowest BCUT2D eigenvalue weighted by Gasteiger charge is -2.09. The molecule has 0 saturated heterocycles. The van der Waals surface area contributed by atoms with Gasteiger partial charge in [0.25, 0.3) is 0 Å². The molecular weight excluding hydrogens is 386 g/mol. The van der Waals surface area contributed by atoms with Crippen molar-refractivity contribution in [3.63, 3.8) is 0 Å². The number of pyridine rings is 1. The summed E-state index contributed by atoms with van der Waals surface area (Å²) >= 11 is 3.37. The summed E-state index contributed by atoms with van der Waals surface area (Å²) in [6.07, 6.45) is 1.69. The van der Waals surface area contributed by atoms with Crippen LogP contribution in [-0.2, 0) is 17.9 Å². The molecule has 0 aliphatic carbocycles. The molecule has 0 amide bonds. The molecule has 0 saturated carbocycles. The van der Waals surface area contributed by atoms with Crippen LogP contribution in [0.25, 0.3) is 11.0 Å². The third-order valence-corrected chi connectivity index (χ3v) is 4.33. The number of aryl methyl sites for hydroxylation is 1. The second-order valence-corrected chi connectivity index (χ2v) is 6.03. The van der Waals surface area contributed by atoms with Crippen LogP contribution in [0.2, 0.25) is 0 Å². The molecule has 0 aliphatic rings. The number of hydrogen-bond donors (Lipinski definition) is 0. The van der Waals surface area contributed by atoms with Crippen molar-refractivity contribution in [2.75, 3.05) is 6.61 Å². The molecule has 3 aromatic rings. The normalized spacial score (nSPS) is 10.8. The van der Waals surface area contributed by atoms with Crippen LogP contribution in [0, 0.1) is 0 Å². The van der Waals surface area contributed by atoms with E-state index in [9.17, 15) is 4.79 Å². The number of imidazole rings is 1. The van der Waals surface area contributed by atoms with E-state index in [1.54, 1.807) is 25.3 Å². The zero-order valence-electron chi connectivity index (χ0n) is 14.0. The lowest BCUT2D eigenvalue weighted by atomic mass is 10.2. The van der Waals surface area contributed by atoms with Gasteiger partial charge in [0.15, 0.2) is 5.75 Å². The third kappa shape index (κ3) is 3.66. The van der Waals surface area contributed by atoms with Crippen LogP contribution >= 0.6 is 15.9 Å². The first-order chi connectivity index (χ1) is 12.1. The number of ether oxygens (including phenoxy) is 2. The largest absolute Gasteiger partial charge is 0.483 e. The van der Waals surface area contributed by atoms with E-state index in [1.165, 1.54) is 0 Å². The van der Waals surface area contributed by atoms with Crippen molar-refractivity contribution in [1.29, 1.82) is 0 Å². The molecule has 6 nitrogen and oxygen atoms in total. The molecule has 1 aromatic carbocycles. The molecule has 3 rings (SSSR count). The maximum atomic E-state index is 11.9. The van der Waals surface area contributed by atoms with Gasteiger partial charge in [-0.05, 0) is 60.1 Å². The summed E-state index contributed by atoms with van der Waals surface area (Å²) in [6, 6.07) is 9.06. The topological polar surface area (TPSA) is 66.2 Å². The number of esters is 1. The van der Waals surface area contributed by atoms with E-state index in [0.29, 0.717) is 29.1 Å². The molecule has 0 spiro atoms. The molecule has 0 N–H and O–H groups in total. The number of fused-ring (bicyclic) bond motifs is 1.